The maximum atomic E-state index is 11.8. The number of carbonyl (C=O) groups is 1. The van der Waals surface area contributed by atoms with E-state index >= 15 is 0 Å². The van der Waals surface area contributed by atoms with Crippen molar-refractivity contribution >= 4 is 5.91 Å². The van der Waals surface area contributed by atoms with Crippen LogP contribution in [0.2, 0.25) is 0 Å². The van der Waals surface area contributed by atoms with Crippen molar-refractivity contribution in [2.45, 2.75) is 39.2 Å². The van der Waals surface area contributed by atoms with E-state index in [0.717, 1.165) is 13.1 Å². The molecule has 0 aliphatic heterocycles. The number of likely N-dealkylation sites (N-methyl/N-ethyl adjacent to an activating group) is 1. The number of amides is 1. The van der Waals surface area contributed by atoms with Crippen LogP contribution in [-0.4, -0.2) is 48.2 Å². The average molecular weight is 228 g/mol. The Bertz CT molecular complexity index is 213. The number of carbonyl (C=O) groups excluding carboxylic acids is 1. The lowest BCUT2D eigenvalue weighted by atomic mass is 10.1. The molecule has 1 saturated carbocycles. The van der Waals surface area contributed by atoms with Crippen molar-refractivity contribution in [1.82, 2.24) is 10.2 Å². The minimum atomic E-state index is 0.0917. The zero-order chi connectivity index (χ0) is 12.0. The predicted molar refractivity (Wildman–Crippen MR) is 64.1 cm³/mol. The van der Waals surface area contributed by atoms with Crippen LogP contribution in [0.4, 0.5) is 0 Å². The summed E-state index contributed by atoms with van der Waals surface area (Å²) in [5.41, 5.74) is 0. The number of nitrogens with one attached hydrogen (secondary N) is 1. The topological polar surface area (TPSA) is 52.6 Å². The summed E-state index contributed by atoms with van der Waals surface area (Å²) < 4.78 is 0. The molecule has 94 valence electrons. The van der Waals surface area contributed by atoms with Gasteiger partial charge in [0, 0.05) is 12.6 Å². The Labute approximate surface area is 98.0 Å². The molecule has 1 fully saturated rings. The highest BCUT2D eigenvalue weighted by molar-refractivity contribution is 5.78. The number of aliphatic hydroxyl groups excluding tert-OH is 1. The highest BCUT2D eigenvalue weighted by Gasteiger charge is 2.31. The molecule has 0 radical (unpaired) electrons. The number of aliphatic hydroxyl groups is 1. The van der Waals surface area contributed by atoms with E-state index in [4.69, 9.17) is 5.11 Å². The third kappa shape index (κ3) is 4.49. The normalized spacial score (nSPS) is 17.5. The summed E-state index contributed by atoms with van der Waals surface area (Å²) in [6, 6.07) is 0.188. The van der Waals surface area contributed by atoms with Gasteiger partial charge in [-0.1, -0.05) is 13.8 Å². The van der Waals surface area contributed by atoms with Crippen molar-refractivity contribution < 1.29 is 9.90 Å². The van der Waals surface area contributed by atoms with Gasteiger partial charge in [-0.15, -0.1) is 0 Å². The first-order valence-corrected chi connectivity index (χ1v) is 6.33. The van der Waals surface area contributed by atoms with Crippen LogP contribution in [0.15, 0.2) is 0 Å². The molecule has 1 aliphatic carbocycles. The first kappa shape index (κ1) is 13.5. The van der Waals surface area contributed by atoms with Gasteiger partial charge < -0.3 is 10.4 Å². The van der Waals surface area contributed by atoms with Crippen LogP contribution in [0, 0.1) is 5.92 Å². The van der Waals surface area contributed by atoms with Gasteiger partial charge in [0.15, 0.2) is 0 Å². The summed E-state index contributed by atoms with van der Waals surface area (Å²) in [5.74, 6) is 0.696. The summed E-state index contributed by atoms with van der Waals surface area (Å²) in [6.45, 7) is 6.55. The monoisotopic (exact) mass is 228 g/mol. The fraction of sp³-hybridized carbons (Fsp3) is 0.917. The molecule has 0 aromatic carbocycles. The second-order valence-electron chi connectivity index (χ2n) is 4.49. The Morgan fingerprint density at radius 3 is 2.50 bits per heavy atom. The number of hydrogen-bond acceptors (Lipinski definition) is 3. The van der Waals surface area contributed by atoms with Crippen LogP contribution in [0.1, 0.15) is 33.1 Å². The fourth-order valence-electron chi connectivity index (χ4n) is 1.97. The molecule has 1 atom stereocenters. The molecule has 1 amide bonds. The predicted octanol–water partition coefficient (Wildman–Crippen LogP) is 0.605. The lowest BCUT2D eigenvalue weighted by Crippen LogP contribution is -2.43. The number of nitrogens with zero attached hydrogens (tertiary/aromatic N) is 1. The van der Waals surface area contributed by atoms with E-state index in [9.17, 15) is 4.79 Å². The van der Waals surface area contributed by atoms with E-state index in [1.165, 1.54) is 12.8 Å². The average Bonchev–Trinajstić information content (AvgIpc) is 3.09. The van der Waals surface area contributed by atoms with Gasteiger partial charge in [-0.05, 0) is 38.3 Å². The molecule has 16 heavy (non-hydrogen) atoms. The van der Waals surface area contributed by atoms with Gasteiger partial charge in [-0.25, -0.2) is 0 Å². The van der Waals surface area contributed by atoms with Crippen molar-refractivity contribution in [3.8, 4) is 0 Å². The maximum absolute atomic E-state index is 11.8. The van der Waals surface area contributed by atoms with Crippen molar-refractivity contribution in [1.29, 1.82) is 0 Å². The minimum Gasteiger partial charge on any atom is -0.396 e. The second-order valence-corrected chi connectivity index (χ2v) is 4.49. The molecular formula is C12H24N2O2. The van der Waals surface area contributed by atoms with Gasteiger partial charge in [-0.3, -0.25) is 9.69 Å². The Kier molecular flexibility index (Phi) is 5.77. The molecule has 0 bridgehead atoms. The Balaban J connectivity index is 2.29. The second kappa shape index (κ2) is 6.86. The summed E-state index contributed by atoms with van der Waals surface area (Å²) in [7, 11) is 0. The molecule has 0 saturated heterocycles. The molecule has 4 heteroatoms. The van der Waals surface area contributed by atoms with Crippen LogP contribution < -0.4 is 5.32 Å². The largest absolute Gasteiger partial charge is 0.396 e. The van der Waals surface area contributed by atoms with E-state index in [0.29, 0.717) is 18.9 Å². The SMILES string of the molecule is CCN(CC)CC(=O)NC(CCO)C1CC1. The zero-order valence-electron chi connectivity index (χ0n) is 10.4. The standard InChI is InChI=1S/C12H24N2O2/c1-3-14(4-2)9-12(16)13-11(7-8-15)10-5-6-10/h10-11,15H,3-9H2,1-2H3,(H,13,16). The van der Waals surface area contributed by atoms with E-state index in [1.807, 2.05) is 0 Å². The molecule has 2 N–H and O–H groups in total. The van der Waals surface area contributed by atoms with Crippen molar-refractivity contribution in [3.63, 3.8) is 0 Å². The zero-order valence-corrected chi connectivity index (χ0v) is 10.4. The Hall–Kier alpha value is -0.610. The van der Waals surface area contributed by atoms with Crippen LogP contribution in [0.3, 0.4) is 0 Å². The lowest BCUT2D eigenvalue weighted by molar-refractivity contribution is -0.123. The van der Waals surface area contributed by atoms with Crippen LogP contribution in [0.25, 0.3) is 0 Å². The van der Waals surface area contributed by atoms with Crippen molar-refractivity contribution in [3.05, 3.63) is 0 Å². The molecule has 1 aliphatic rings. The molecule has 0 aromatic rings. The quantitative estimate of drug-likeness (QED) is 0.640. The molecule has 0 spiro atoms. The van der Waals surface area contributed by atoms with Crippen LogP contribution in [-0.2, 0) is 4.79 Å². The number of rotatable bonds is 8. The van der Waals surface area contributed by atoms with Gasteiger partial charge in [0.2, 0.25) is 5.91 Å². The highest BCUT2D eigenvalue weighted by atomic mass is 16.3. The van der Waals surface area contributed by atoms with Gasteiger partial charge >= 0.3 is 0 Å². The van der Waals surface area contributed by atoms with Gasteiger partial charge in [0.25, 0.3) is 0 Å². The first-order chi connectivity index (χ1) is 7.71. The Morgan fingerprint density at radius 2 is 2.06 bits per heavy atom. The van der Waals surface area contributed by atoms with Gasteiger partial charge in [0.05, 0.1) is 6.54 Å². The van der Waals surface area contributed by atoms with E-state index in [1.54, 1.807) is 0 Å². The summed E-state index contributed by atoms with van der Waals surface area (Å²) in [4.78, 5) is 13.8. The lowest BCUT2D eigenvalue weighted by Gasteiger charge is -2.21. The Morgan fingerprint density at radius 1 is 1.44 bits per heavy atom. The molecule has 1 rings (SSSR count). The molecule has 1 unspecified atom stereocenters. The third-order valence-electron chi connectivity index (χ3n) is 3.24. The van der Waals surface area contributed by atoms with E-state index in [2.05, 4.69) is 24.1 Å². The van der Waals surface area contributed by atoms with Crippen molar-refractivity contribution in [2.24, 2.45) is 5.92 Å². The van der Waals surface area contributed by atoms with E-state index in [-0.39, 0.29) is 18.6 Å². The first-order valence-electron chi connectivity index (χ1n) is 6.33. The summed E-state index contributed by atoms with van der Waals surface area (Å²) >= 11 is 0. The van der Waals surface area contributed by atoms with Crippen LogP contribution in [0.5, 0.6) is 0 Å². The number of hydrogen-bond donors (Lipinski definition) is 2. The van der Waals surface area contributed by atoms with Crippen LogP contribution >= 0.6 is 0 Å². The van der Waals surface area contributed by atoms with Gasteiger partial charge in [0.1, 0.15) is 0 Å². The third-order valence-corrected chi connectivity index (χ3v) is 3.24. The fourth-order valence-corrected chi connectivity index (χ4v) is 1.97. The van der Waals surface area contributed by atoms with E-state index < -0.39 is 0 Å². The van der Waals surface area contributed by atoms with Crippen molar-refractivity contribution in [2.75, 3.05) is 26.2 Å². The smallest absolute Gasteiger partial charge is 0.234 e. The van der Waals surface area contributed by atoms with Gasteiger partial charge in [-0.2, -0.15) is 0 Å². The maximum Gasteiger partial charge on any atom is 0.234 e. The molecular weight excluding hydrogens is 204 g/mol. The highest BCUT2D eigenvalue weighted by Crippen LogP contribution is 2.33. The molecule has 4 nitrogen and oxygen atoms in total. The summed E-state index contributed by atoms with van der Waals surface area (Å²) in [5, 5.41) is 12.0. The molecule has 0 aromatic heterocycles. The molecule has 0 heterocycles. The minimum absolute atomic E-state index is 0.0917. The summed E-state index contributed by atoms with van der Waals surface area (Å²) in [6.07, 6.45) is 3.07.